The van der Waals surface area contributed by atoms with E-state index in [4.69, 9.17) is 4.74 Å². The lowest BCUT2D eigenvalue weighted by Gasteiger charge is -2.08. The molecule has 0 saturated heterocycles. The third-order valence-electron chi connectivity index (χ3n) is 2.71. The largest absolute Gasteiger partial charge is 0.508 e. The van der Waals surface area contributed by atoms with Gasteiger partial charge < -0.3 is 15.2 Å². The molecule has 0 heterocycles. The summed E-state index contributed by atoms with van der Waals surface area (Å²) >= 11 is 0. The van der Waals surface area contributed by atoms with E-state index in [1.807, 2.05) is 0 Å². The van der Waals surface area contributed by atoms with Crippen molar-refractivity contribution in [1.82, 2.24) is 0 Å². The van der Waals surface area contributed by atoms with Crippen molar-refractivity contribution in [2.75, 3.05) is 12.4 Å². The van der Waals surface area contributed by atoms with Crippen LogP contribution in [0.4, 0.5) is 10.1 Å². The minimum absolute atomic E-state index is 0.0696. The standard InChI is InChI=1S/C15H14FNO3/c1-20-14-9-11(5-6-13(14)16)17-15(19)8-10-3-2-4-12(18)7-10/h2-7,9,18H,8H2,1H3,(H,17,19). The van der Waals surface area contributed by atoms with E-state index >= 15 is 0 Å². The van der Waals surface area contributed by atoms with Crippen LogP contribution in [0.25, 0.3) is 0 Å². The number of carbonyl (C=O) groups excluding carboxylic acids is 1. The van der Waals surface area contributed by atoms with Gasteiger partial charge in [0.05, 0.1) is 13.5 Å². The minimum Gasteiger partial charge on any atom is -0.508 e. The SMILES string of the molecule is COc1cc(NC(=O)Cc2cccc(O)c2)ccc1F. The van der Waals surface area contributed by atoms with Crippen LogP contribution < -0.4 is 10.1 Å². The molecular formula is C15H14FNO3. The molecule has 2 rings (SSSR count). The van der Waals surface area contributed by atoms with E-state index in [0.717, 1.165) is 0 Å². The van der Waals surface area contributed by atoms with Crippen molar-refractivity contribution in [2.45, 2.75) is 6.42 Å². The molecule has 104 valence electrons. The highest BCUT2D eigenvalue weighted by Gasteiger charge is 2.08. The molecule has 0 aliphatic rings. The Balaban J connectivity index is 2.04. The topological polar surface area (TPSA) is 58.6 Å². The van der Waals surface area contributed by atoms with E-state index in [0.29, 0.717) is 11.3 Å². The summed E-state index contributed by atoms with van der Waals surface area (Å²) in [6.45, 7) is 0. The Morgan fingerprint density at radius 1 is 1.30 bits per heavy atom. The highest BCUT2D eigenvalue weighted by atomic mass is 19.1. The summed E-state index contributed by atoms with van der Waals surface area (Å²) in [7, 11) is 1.36. The molecular weight excluding hydrogens is 261 g/mol. The number of anilines is 1. The number of phenolic OH excluding ortho intramolecular Hbond substituents is 1. The summed E-state index contributed by atoms with van der Waals surface area (Å²) in [6, 6.07) is 10.6. The molecule has 0 fully saturated rings. The molecule has 1 amide bonds. The molecule has 0 unspecified atom stereocenters. The van der Waals surface area contributed by atoms with Gasteiger partial charge in [-0.1, -0.05) is 12.1 Å². The molecule has 0 atom stereocenters. The highest BCUT2D eigenvalue weighted by molar-refractivity contribution is 5.92. The van der Waals surface area contributed by atoms with Crippen LogP contribution in [0.2, 0.25) is 0 Å². The third kappa shape index (κ3) is 3.47. The van der Waals surface area contributed by atoms with Crippen LogP contribution in [0.1, 0.15) is 5.56 Å². The summed E-state index contributed by atoms with van der Waals surface area (Å²) in [4.78, 5) is 11.9. The molecule has 0 bridgehead atoms. The lowest BCUT2D eigenvalue weighted by molar-refractivity contribution is -0.115. The van der Waals surface area contributed by atoms with E-state index in [2.05, 4.69) is 5.32 Å². The molecule has 4 nitrogen and oxygen atoms in total. The summed E-state index contributed by atoms with van der Waals surface area (Å²) in [5.41, 5.74) is 1.14. The van der Waals surface area contributed by atoms with Crippen molar-refractivity contribution in [3.63, 3.8) is 0 Å². The molecule has 0 aliphatic carbocycles. The van der Waals surface area contributed by atoms with Crippen LogP contribution in [0.5, 0.6) is 11.5 Å². The molecule has 0 aromatic heterocycles. The molecule has 0 aliphatic heterocycles. The van der Waals surface area contributed by atoms with Gasteiger partial charge >= 0.3 is 0 Å². The lowest BCUT2D eigenvalue weighted by Crippen LogP contribution is -2.14. The van der Waals surface area contributed by atoms with Gasteiger partial charge in [-0.3, -0.25) is 4.79 Å². The van der Waals surface area contributed by atoms with Crippen LogP contribution in [-0.2, 0) is 11.2 Å². The van der Waals surface area contributed by atoms with Gasteiger partial charge in [-0.25, -0.2) is 4.39 Å². The smallest absolute Gasteiger partial charge is 0.228 e. The summed E-state index contributed by atoms with van der Waals surface area (Å²) < 4.78 is 18.1. The predicted octanol–water partition coefficient (Wildman–Crippen LogP) is 2.72. The van der Waals surface area contributed by atoms with Gasteiger partial charge in [-0.15, -0.1) is 0 Å². The molecule has 20 heavy (non-hydrogen) atoms. The van der Waals surface area contributed by atoms with Crippen LogP contribution in [0.3, 0.4) is 0 Å². The van der Waals surface area contributed by atoms with Crippen LogP contribution in [0.15, 0.2) is 42.5 Å². The van der Waals surface area contributed by atoms with Gasteiger partial charge in [0.25, 0.3) is 0 Å². The maximum absolute atomic E-state index is 13.2. The van der Waals surface area contributed by atoms with Crippen molar-refractivity contribution in [2.24, 2.45) is 0 Å². The number of aromatic hydroxyl groups is 1. The number of hydrogen-bond donors (Lipinski definition) is 2. The van der Waals surface area contributed by atoms with Crippen LogP contribution in [-0.4, -0.2) is 18.1 Å². The Bertz CT molecular complexity index is 628. The number of carbonyl (C=O) groups is 1. The van der Waals surface area contributed by atoms with Crippen molar-refractivity contribution < 1.29 is 19.0 Å². The number of benzene rings is 2. The van der Waals surface area contributed by atoms with E-state index in [1.54, 1.807) is 12.1 Å². The Kier molecular flexibility index (Phi) is 4.20. The van der Waals surface area contributed by atoms with Crippen molar-refractivity contribution in [3.8, 4) is 11.5 Å². The highest BCUT2D eigenvalue weighted by Crippen LogP contribution is 2.21. The van der Waals surface area contributed by atoms with Gasteiger partial charge in [0.15, 0.2) is 11.6 Å². The van der Waals surface area contributed by atoms with Gasteiger partial charge in [-0.05, 0) is 29.8 Å². The van der Waals surface area contributed by atoms with E-state index in [9.17, 15) is 14.3 Å². The normalized spacial score (nSPS) is 10.1. The van der Waals surface area contributed by atoms with E-state index in [-0.39, 0.29) is 23.8 Å². The Morgan fingerprint density at radius 3 is 2.80 bits per heavy atom. The fourth-order valence-electron chi connectivity index (χ4n) is 1.79. The fourth-order valence-corrected chi connectivity index (χ4v) is 1.79. The van der Waals surface area contributed by atoms with Gasteiger partial charge in [-0.2, -0.15) is 0 Å². The monoisotopic (exact) mass is 275 g/mol. The van der Waals surface area contributed by atoms with Crippen LogP contribution in [0, 0.1) is 5.82 Å². The van der Waals surface area contributed by atoms with Crippen molar-refractivity contribution in [3.05, 3.63) is 53.8 Å². The first-order valence-corrected chi connectivity index (χ1v) is 6.00. The van der Waals surface area contributed by atoms with Crippen LogP contribution >= 0.6 is 0 Å². The zero-order valence-electron chi connectivity index (χ0n) is 10.9. The summed E-state index contributed by atoms with van der Waals surface area (Å²) in [6.07, 6.45) is 0.119. The number of methoxy groups -OCH3 is 1. The molecule has 2 aromatic carbocycles. The van der Waals surface area contributed by atoms with E-state index in [1.165, 1.54) is 37.4 Å². The quantitative estimate of drug-likeness (QED) is 0.902. The number of amides is 1. The Hall–Kier alpha value is -2.56. The molecule has 2 aromatic rings. The first-order chi connectivity index (χ1) is 9.58. The second kappa shape index (κ2) is 6.06. The first kappa shape index (κ1) is 13.9. The second-order valence-corrected chi connectivity index (χ2v) is 4.24. The maximum Gasteiger partial charge on any atom is 0.228 e. The Labute approximate surface area is 115 Å². The first-order valence-electron chi connectivity index (χ1n) is 6.00. The molecule has 2 N–H and O–H groups in total. The number of hydrogen-bond acceptors (Lipinski definition) is 3. The third-order valence-corrected chi connectivity index (χ3v) is 2.71. The maximum atomic E-state index is 13.2. The summed E-state index contributed by atoms with van der Waals surface area (Å²) in [5.74, 6) is -0.568. The average molecular weight is 275 g/mol. The molecule has 0 spiro atoms. The number of nitrogens with one attached hydrogen (secondary N) is 1. The average Bonchev–Trinajstić information content (AvgIpc) is 2.41. The number of halogens is 1. The molecule has 0 radical (unpaired) electrons. The Morgan fingerprint density at radius 2 is 2.10 bits per heavy atom. The summed E-state index contributed by atoms with van der Waals surface area (Å²) in [5, 5.41) is 12.0. The van der Waals surface area contributed by atoms with E-state index < -0.39 is 5.82 Å². The molecule has 5 heteroatoms. The van der Waals surface area contributed by atoms with Gasteiger partial charge in [0, 0.05) is 11.8 Å². The van der Waals surface area contributed by atoms with Gasteiger partial charge in [0.2, 0.25) is 5.91 Å². The number of rotatable bonds is 4. The second-order valence-electron chi connectivity index (χ2n) is 4.24. The minimum atomic E-state index is -0.488. The van der Waals surface area contributed by atoms with Crippen molar-refractivity contribution in [1.29, 1.82) is 0 Å². The lowest BCUT2D eigenvalue weighted by atomic mass is 10.1. The van der Waals surface area contributed by atoms with Gasteiger partial charge in [0.1, 0.15) is 5.75 Å². The molecule has 0 saturated carbocycles. The number of ether oxygens (including phenoxy) is 1. The number of phenols is 1. The zero-order valence-corrected chi connectivity index (χ0v) is 10.9. The van der Waals surface area contributed by atoms with Crippen molar-refractivity contribution >= 4 is 11.6 Å². The zero-order chi connectivity index (χ0) is 14.5. The fraction of sp³-hybridized carbons (Fsp3) is 0.133. The predicted molar refractivity (Wildman–Crippen MR) is 73.4 cm³/mol.